The lowest BCUT2D eigenvalue weighted by Crippen LogP contribution is -2.33. The summed E-state index contributed by atoms with van der Waals surface area (Å²) in [5.41, 5.74) is 8.49. The van der Waals surface area contributed by atoms with E-state index in [1.54, 1.807) is 13.3 Å². The molecule has 0 spiro atoms. The van der Waals surface area contributed by atoms with Gasteiger partial charge in [0, 0.05) is 50.2 Å². The van der Waals surface area contributed by atoms with E-state index in [4.69, 9.17) is 10.5 Å². The fourth-order valence-electron chi connectivity index (χ4n) is 4.44. The lowest BCUT2D eigenvalue weighted by molar-refractivity contribution is 0.152. The first kappa shape index (κ1) is 21.8. The number of fused-ring (bicyclic) bond motifs is 1. The Hall–Kier alpha value is -1.95. The molecule has 1 aromatic heterocycles. The zero-order chi connectivity index (χ0) is 21.2. The average Bonchev–Trinajstić information content (AvgIpc) is 3.17. The zero-order valence-corrected chi connectivity index (χ0v) is 18.9. The second-order valence-electron chi connectivity index (χ2n) is 9.96. The van der Waals surface area contributed by atoms with Crippen LogP contribution in [0.3, 0.4) is 0 Å². The van der Waals surface area contributed by atoms with Crippen molar-refractivity contribution in [3.63, 3.8) is 0 Å². The molecule has 2 heterocycles. The van der Waals surface area contributed by atoms with E-state index < -0.39 is 0 Å². The molecule has 1 aliphatic heterocycles. The fraction of sp³-hybridized carbons (Fsp3) is 0.696. The van der Waals surface area contributed by atoms with Gasteiger partial charge in [-0.15, -0.1) is 10.2 Å². The fourth-order valence-corrected chi connectivity index (χ4v) is 4.44. The predicted octanol–water partition coefficient (Wildman–Crippen LogP) is 3.64. The highest BCUT2D eigenvalue weighted by Crippen LogP contribution is 2.40. The van der Waals surface area contributed by atoms with E-state index in [1.165, 1.54) is 19.6 Å². The number of aliphatic imine (C=N–C) groups is 1. The lowest BCUT2D eigenvalue weighted by Gasteiger charge is -2.31. The number of allylic oxidation sites excluding steroid dienone is 2. The molecule has 6 nitrogen and oxygen atoms in total. The number of hydrogen-bond donors (Lipinski definition) is 1. The van der Waals surface area contributed by atoms with Crippen molar-refractivity contribution in [2.45, 2.75) is 53.6 Å². The predicted molar refractivity (Wildman–Crippen MR) is 119 cm³/mol. The number of aromatic nitrogens is 2. The van der Waals surface area contributed by atoms with Gasteiger partial charge in [-0.1, -0.05) is 27.7 Å². The topological polar surface area (TPSA) is 76.6 Å². The van der Waals surface area contributed by atoms with Crippen LogP contribution < -0.4 is 10.5 Å². The molecule has 1 aromatic rings. The third-order valence-electron chi connectivity index (χ3n) is 6.68. The van der Waals surface area contributed by atoms with Crippen LogP contribution in [0.15, 0.2) is 22.8 Å². The highest BCUT2D eigenvalue weighted by molar-refractivity contribution is 6.09. The zero-order valence-electron chi connectivity index (χ0n) is 18.9. The van der Waals surface area contributed by atoms with Gasteiger partial charge in [0.1, 0.15) is 6.10 Å². The number of hydrogen-bond acceptors (Lipinski definition) is 6. The van der Waals surface area contributed by atoms with Gasteiger partial charge in [0.15, 0.2) is 0 Å². The minimum absolute atomic E-state index is 0.246. The molecule has 0 bridgehead atoms. The van der Waals surface area contributed by atoms with Gasteiger partial charge in [-0.2, -0.15) is 0 Å². The molecule has 2 N–H and O–H groups in total. The molecule has 3 rings (SSSR count). The van der Waals surface area contributed by atoms with E-state index in [-0.39, 0.29) is 6.10 Å². The Balaban J connectivity index is 1.53. The molecular formula is C23H37N5O. The molecular weight excluding hydrogens is 362 g/mol. The number of ether oxygens (including phenoxy) is 1. The Morgan fingerprint density at radius 1 is 1.28 bits per heavy atom. The molecule has 1 saturated heterocycles. The minimum Gasteiger partial charge on any atom is -0.473 e. The third-order valence-corrected chi connectivity index (χ3v) is 6.68. The van der Waals surface area contributed by atoms with E-state index in [1.807, 2.05) is 19.1 Å². The number of likely N-dealkylation sites (tertiary alicyclic amines) is 1. The van der Waals surface area contributed by atoms with Crippen molar-refractivity contribution in [1.29, 1.82) is 0 Å². The van der Waals surface area contributed by atoms with Gasteiger partial charge in [-0.05, 0) is 49.0 Å². The van der Waals surface area contributed by atoms with Gasteiger partial charge >= 0.3 is 0 Å². The molecule has 0 radical (unpaired) electrons. The Kier molecular flexibility index (Phi) is 6.62. The summed E-state index contributed by atoms with van der Waals surface area (Å²) in [4.78, 5) is 6.70. The van der Waals surface area contributed by atoms with Crippen LogP contribution in [0, 0.1) is 23.2 Å². The second kappa shape index (κ2) is 8.82. The number of nitrogens with two attached hydrogens (primary N) is 1. The van der Waals surface area contributed by atoms with Crippen LogP contribution >= 0.6 is 0 Å². The van der Waals surface area contributed by atoms with Crippen LogP contribution in [0.5, 0.6) is 5.88 Å². The first-order valence-electron chi connectivity index (χ1n) is 10.8. The maximum Gasteiger partial charge on any atom is 0.233 e. The summed E-state index contributed by atoms with van der Waals surface area (Å²) < 4.78 is 6.16. The van der Waals surface area contributed by atoms with Crippen LogP contribution in [0.1, 0.15) is 53.2 Å². The van der Waals surface area contributed by atoms with Gasteiger partial charge < -0.3 is 15.4 Å². The largest absolute Gasteiger partial charge is 0.473 e. The first-order chi connectivity index (χ1) is 13.7. The normalized spacial score (nSPS) is 27.2. The van der Waals surface area contributed by atoms with E-state index >= 15 is 0 Å². The molecule has 0 amide bonds. The molecule has 29 heavy (non-hydrogen) atoms. The highest BCUT2D eigenvalue weighted by Gasteiger charge is 2.42. The summed E-state index contributed by atoms with van der Waals surface area (Å²) in [5.74, 6) is 2.79. The smallest absolute Gasteiger partial charge is 0.233 e. The van der Waals surface area contributed by atoms with E-state index in [0.717, 1.165) is 35.9 Å². The van der Waals surface area contributed by atoms with Crippen molar-refractivity contribution in [2.24, 2.45) is 33.9 Å². The quantitative estimate of drug-likeness (QED) is 0.739. The molecule has 2 fully saturated rings. The molecule has 0 aromatic carbocycles. The summed E-state index contributed by atoms with van der Waals surface area (Å²) in [5, 5.41) is 8.56. The minimum atomic E-state index is 0.246. The van der Waals surface area contributed by atoms with Crippen LogP contribution in [-0.2, 0) is 0 Å². The molecule has 1 aliphatic carbocycles. The summed E-state index contributed by atoms with van der Waals surface area (Å²) >= 11 is 0. The van der Waals surface area contributed by atoms with Crippen molar-refractivity contribution in [2.75, 3.05) is 26.7 Å². The van der Waals surface area contributed by atoms with Crippen LogP contribution in [-0.4, -0.2) is 54.1 Å². The number of rotatable bonds is 6. The molecule has 6 heteroatoms. The molecule has 160 valence electrons. The summed E-state index contributed by atoms with van der Waals surface area (Å²) in [7, 11) is 1.72. The Bertz CT molecular complexity index is 732. The maximum absolute atomic E-state index is 6.16. The van der Waals surface area contributed by atoms with Crippen molar-refractivity contribution in [1.82, 2.24) is 15.1 Å². The Labute approximate surface area is 175 Å². The van der Waals surface area contributed by atoms with Crippen molar-refractivity contribution >= 4 is 11.8 Å². The van der Waals surface area contributed by atoms with Gasteiger partial charge in [0.05, 0.1) is 5.69 Å². The van der Waals surface area contributed by atoms with Crippen molar-refractivity contribution < 1.29 is 4.74 Å². The van der Waals surface area contributed by atoms with E-state index in [9.17, 15) is 0 Å². The number of nitrogens with zero attached hydrogens (tertiary/aromatic N) is 4. The van der Waals surface area contributed by atoms with Crippen molar-refractivity contribution in [3.05, 3.63) is 23.5 Å². The summed E-state index contributed by atoms with van der Waals surface area (Å²) in [6.07, 6.45) is 4.19. The molecule has 1 saturated carbocycles. The van der Waals surface area contributed by atoms with Crippen molar-refractivity contribution in [3.8, 4) is 5.88 Å². The van der Waals surface area contributed by atoms with Gasteiger partial charge in [0.2, 0.25) is 5.88 Å². The monoisotopic (exact) mass is 399 g/mol. The standard InChI is InChI=1S/C23H37N5O/c1-15(23(3,4)5)12-28-13-17-9-19(10-18(17)14-28)29-22-8-7-21(26-27-22)20(11-25-6)16(2)24/h7-8,11,15,17-19H,9-10,12-14,24H2,1-6H3/b20-16+,25-11?/t15?,17-,18+,19?. The third kappa shape index (κ3) is 5.35. The van der Waals surface area contributed by atoms with E-state index in [0.29, 0.717) is 22.9 Å². The molecule has 2 unspecified atom stereocenters. The highest BCUT2D eigenvalue weighted by atomic mass is 16.5. The summed E-state index contributed by atoms with van der Waals surface area (Å²) in [6, 6.07) is 3.79. The Morgan fingerprint density at radius 3 is 2.41 bits per heavy atom. The van der Waals surface area contributed by atoms with Crippen LogP contribution in [0.4, 0.5) is 0 Å². The molecule has 2 aliphatic rings. The summed E-state index contributed by atoms with van der Waals surface area (Å²) in [6.45, 7) is 14.8. The first-order valence-corrected chi connectivity index (χ1v) is 10.8. The maximum atomic E-state index is 6.16. The average molecular weight is 400 g/mol. The Morgan fingerprint density at radius 2 is 1.93 bits per heavy atom. The van der Waals surface area contributed by atoms with Crippen LogP contribution in [0.2, 0.25) is 0 Å². The van der Waals surface area contributed by atoms with Gasteiger partial charge in [-0.25, -0.2) is 0 Å². The second-order valence-corrected chi connectivity index (χ2v) is 9.96. The van der Waals surface area contributed by atoms with E-state index in [2.05, 4.69) is 47.8 Å². The SMILES string of the molecule is CN=C/C(=C(/C)N)c1ccc(OC2C[C@@H]3CN(CC(C)C(C)(C)C)C[C@@H]3C2)nn1. The van der Waals surface area contributed by atoms with Gasteiger partial charge in [-0.3, -0.25) is 4.99 Å². The van der Waals surface area contributed by atoms with Crippen LogP contribution in [0.25, 0.3) is 5.57 Å². The molecule has 4 atom stereocenters. The van der Waals surface area contributed by atoms with Gasteiger partial charge in [0.25, 0.3) is 0 Å². The lowest BCUT2D eigenvalue weighted by atomic mass is 9.82.